The Bertz CT molecular complexity index is 619. The topological polar surface area (TPSA) is 0 Å². The third-order valence-corrected chi connectivity index (χ3v) is 4.68. The van der Waals surface area contributed by atoms with Crippen LogP contribution in [-0.2, 0) is 19.3 Å². The van der Waals surface area contributed by atoms with Gasteiger partial charge in [0.25, 0.3) is 0 Å². The van der Waals surface area contributed by atoms with Gasteiger partial charge in [0.15, 0.2) is 0 Å². The Morgan fingerprint density at radius 3 is 2.62 bits per heavy atom. The summed E-state index contributed by atoms with van der Waals surface area (Å²) >= 11 is 0. The summed E-state index contributed by atoms with van der Waals surface area (Å²) in [7, 11) is 0. The molecule has 0 spiro atoms. The van der Waals surface area contributed by atoms with Gasteiger partial charge in [0, 0.05) is 0 Å². The molecular weight excluding hydrogens is 252 g/mol. The van der Waals surface area contributed by atoms with E-state index in [0.717, 1.165) is 0 Å². The molecule has 1 atom stereocenters. The molecule has 1 aliphatic carbocycles. The molecule has 0 saturated carbocycles. The lowest BCUT2D eigenvalue weighted by molar-refractivity contribution is 0.584. The molecule has 1 aliphatic rings. The highest BCUT2D eigenvalue weighted by Gasteiger charge is 2.20. The number of hydrogen-bond acceptors (Lipinski definition) is 0. The van der Waals surface area contributed by atoms with E-state index in [0.29, 0.717) is 5.92 Å². The van der Waals surface area contributed by atoms with Crippen LogP contribution in [0.15, 0.2) is 49.0 Å². The van der Waals surface area contributed by atoms with Gasteiger partial charge in [-0.3, -0.25) is 0 Å². The molecule has 0 heteroatoms. The zero-order chi connectivity index (χ0) is 14.7. The van der Waals surface area contributed by atoms with Gasteiger partial charge in [-0.25, -0.2) is 0 Å². The highest BCUT2D eigenvalue weighted by atomic mass is 14.2. The lowest BCUT2D eigenvalue weighted by atomic mass is 9.79. The molecule has 3 rings (SSSR count). The van der Waals surface area contributed by atoms with Gasteiger partial charge < -0.3 is 0 Å². The second kappa shape index (κ2) is 6.30. The molecule has 0 nitrogen and oxygen atoms in total. The average molecular weight is 276 g/mol. The van der Waals surface area contributed by atoms with E-state index < -0.39 is 0 Å². The number of rotatable bonds is 4. The Labute approximate surface area is 128 Å². The quantitative estimate of drug-likeness (QED) is 0.686. The molecule has 0 aromatic heterocycles. The summed E-state index contributed by atoms with van der Waals surface area (Å²) in [5.74, 6) is 0.674. The van der Waals surface area contributed by atoms with Gasteiger partial charge in [-0.2, -0.15) is 0 Å². The fourth-order valence-corrected chi connectivity index (χ4v) is 3.44. The molecule has 2 aromatic carbocycles. The van der Waals surface area contributed by atoms with Crippen LogP contribution in [0.2, 0.25) is 0 Å². The van der Waals surface area contributed by atoms with Crippen molar-refractivity contribution in [1.29, 1.82) is 0 Å². The summed E-state index contributed by atoms with van der Waals surface area (Å²) in [6.07, 6.45) is 8.04. The van der Waals surface area contributed by atoms with Crippen molar-refractivity contribution in [2.75, 3.05) is 0 Å². The van der Waals surface area contributed by atoms with Gasteiger partial charge in [0.1, 0.15) is 0 Å². The Morgan fingerprint density at radius 1 is 1.10 bits per heavy atom. The summed E-state index contributed by atoms with van der Waals surface area (Å²) in [5, 5.41) is 0. The monoisotopic (exact) mass is 276 g/mol. The number of hydrogen-bond donors (Lipinski definition) is 0. The first-order valence-electron chi connectivity index (χ1n) is 8.13. The maximum atomic E-state index is 3.83. The van der Waals surface area contributed by atoms with Crippen LogP contribution in [0.1, 0.15) is 53.5 Å². The molecule has 1 unspecified atom stereocenters. The van der Waals surface area contributed by atoms with E-state index in [9.17, 15) is 0 Å². The number of fused-ring (bicyclic) bond motifs is 1. The van der Waals surface area contributed by atoms with Gasteiger partial charge in [-0.1, -0.05) is 68.5 Å². The molecule has 0 heterocycles. The zero-order valence-corrected chi connectivity index (χ0v) is 12.9. The zero-order valence-electron chi connectivity index (χ0n) is 12.9. The maximum absolute atomic E-state index is 3.83. The van der Waals surface area contributed by atoms with Crippen LogP contribution in [-0.4, -0.2) is 0 Å². The fraction of sp³-hybridized carbons (Fsp3) is 0.333. The van der Waals surface area contributed by atoms with Crippen molar-refractivity contribution in [3.63, 3.8) is 0 Å². The summed E-state index contributed by atoms with van der Waals surface area (Å²) in [6.45, 7) is 6.08. The van der Waals surface area contributed by atoms with Crippen molar-refractivity contribution < 1.29 is 0 Å². The first kappa shape index (κ1) is 14.1. The molecule has 21 heavy (non-hydrogen) atoms. The first-order chi connectivity index (χ1) is 10.3. The van der Waals surface area contributed by atoms with Gasteiger partial charge in [0.05, 0.1) is 0 Å². The van der Waals surface area contributed by atoms with Gasteiger partial charge in [0.2, 0.25) is 0 Å². The summed E-state index contributed by atoms with van der Waals surface area (Å²) in [4.78, 5) is 0. The van der Waals surface area contributed by atoms with Crippen molar-refractivity contribution in [1.82, 2.24) is 0 Å². The van der Waals surface area contributed by atoms with Crippen molar-refractivity contribution in [2.24, 2.45) is 0 Å². The van der Waals surface area contributed by atoms with Gasteiger partial charge in [-0.05, 0) is 59.4 Å². The Kier molecular flexibility index (Phi) is 4.24. The third-order valence-electron chi connectivity index (χ3n) is 4.68. The minimum absolute atomic E-state index is 0.674. The van der Waals surface area contributed by atoms with Crippen molar-refractivity contribution in [3.05, 3.63) is 76.9 Å². The Balaban J connectivity index is 1.78. The van der Waals surface area contributed by atoms with Crippen LogP contribution < -0.4 is 0 Å². The highest BCUT2D eigenvalue weighted by molar-refractivity contribution is 5.48. The Morgan fingerprint density at radius 2 is 1.90 bits per heavy atom. The molecule has 0 saturated heterocycles. The van der Waals surface area contributed by atoms with Crippen LogP contribution in [0.5, 0.6) is 0 Å². The van der Waals surface area contributed by atoms with Crippen molar-refractivity contribution >= 4 is 6.08 Å². The number of benzene rings is 2. The van der Waals surface area contributed by atoms with Gasteiger partial charge in [-0.15, -0.1) is 0 Å². The van der Waals surface area contributed by atoms with E-state index in [4.69, 9.17) is 0 Å². The molecule has 2 aromatic rings. The van der Waals surface area contributed by atoms with Gasteiger partial charge >= 0.3 is 0 Å². The van der Waals surface area contributed by atoms with E-state index >= 15 is 0 Å². The predicted molar refractivity (Wildman–Crippen MR) is 91.7 cm³/mol. The van der Waals surface area contributed by atoms with Crippen molar-refractivity contribution in [2.45, 2.75) is 44.9 Å². The van der Waals surface area contributed by atoms with Crippen molar-refractivity contribution in [3.8, 4) is 0 Å². The second-order valence-corrected chi connectivity index (χ2v) is 6.16. The first-order valence-corrected chi connectivity index (χ1v) is 8.13. The Hall–Kier alpha value is -1.82. The standard InChI is InChI=1S/C21H24/c1-3-5-17-8-11-21-15-20(13-12-19(21)14-17)18-9-6-16(4-2)7-10-18/h4,6-11,14,20H,2-3,5,12-13,15H2,1H3. The van der Waals surface area contributed by atoms with Crippen LogP contribution >= 0.6 is 0 Å². The van der Waals surface area contributed by atoms with Crippen LogP contribution in [0.25, 0.3) is 6.08 Å². The molecule has 0 radical (unpaired) electrons. The molecule has 108 valence electrons. The van der Waals surface area contributed by atoms with Crippen LogP contribution in [0.4, 0.5) is 0 Å². The van der Waals surface area contributed by atoms with E-state index in [1.807, 2.05) is 6.08 Å². The smallest absolute Gasteiger partial charge is 0.0118 e. The van der Waals surface area contributed by atoms with E-state index in [-0.39, 0.29) is 0 Å². The molecule has 0 amide bonds. The predicted octanol–water partition coefficient (Wildman–Crippen LogP) is 5.55. The normalized spacial score (nSPS) is 17.3. The lowest BCUT2D eigenvalue weighted by Crippen LogP contribution is -2.13. The lowest BCUT2D eigenvalue weighted by Gasteiger charge is -2.25. The van der Waals surface area contributed by atoms with Crippen LogP contribution in [0.3, 0.4) is 0 Å². The molecule has 0 N–H and O–H groups in total. The third kappa shape index (κ3) is 3.10. The minimum Gasteiger partial charge on any atom is -0.0985 e. The second-order valence-electron chi connectivity index (χ2n) is 6.16. The maximum Gasteiger partial charge on any atom is -0.0118 e. The average Bonchev–Trinajstić information content (AvgIpc) is 2.55. The van der Waals surface area contributed by atoms with E-state index in [1.165, 1.54) is 48.8 Å². The summed E-state index contributed by atoms with van der Waals surface area (Å²) < 4.78 is 0. The molecule has 0 aliphatic heterocycles. The molecule has 0 fully saturated rings. The number of aryl methyl sites for hydroxylation is 2. The van der Waals surface area contributed by atoms with Crippen LogP contribution in [0, 0.1) is 0 Å². The molecule has 0 bridgehead atoms. The molecular formula is C21H24. The SMILES string of the molecule is C=Cc1ccc(C2CCc3cc(CCC)ccc3C2)cc1. The fourth-order valence-electron chi connectivity index (χ4n) is 3.44. The van der Waals surface area contributed by atoms with E-state index in [2.05, 4.69) is 56.0 Å². The highest BCUT2D eigenvalue weighted by Crippen LogP contribution is 2.33. The summed E-state index contributed by atoms with van der Waals surface area (Å²) in [6, 6.07) is 16.0. The summed E-state index contributed by atoms with van der Waals surface area (Å²) in [5.41, 5.74) is 7.33. The van der Waals surface area contributed by atoms with E-state index in [1.54, 1.807) is 11.1 Å². The largest absolute Gasteiger partial charge is 0.0985 e. The minimum atomic E-state index is 0.674.